The van der Waals surface area contributed by atoms with Crippen LogP contribution in [0, 0.1) is 0 Å². The summed E-state index contributed by atoms with van der Waals surface area (Å²) in [6.45, 7) is 0. The van der Waals surface area contributed by atoms with Gasteiger partial charge in [-0.05, 0) is 30.3 Å². The van der Waals surface area contributed by atoms with Crippen LogP contribution in [-0.2, 0) is 7.05 Å². The number of aromatic nitrogens is 2. The third kappa shape index (κ3) is 3.41. The molecule has 3 N–H and O–H groups in total. The summed E-state index contributed by atoms with van der Waals surface area (Å²) in [4.78, 5) is 24.1. The molecule has 0 spiro atoms. The largest absolute Gasteiger partial charge is 0.497 e. The first kappa shape index (κ1) is 17.2. The Bertz CT molecular complexity index is 978. The Balaban J connectivity index is 1.90. The average molecular weight is 350 g/mol. The normalized spacial score (nSPS) is 10.4. The number of benzene rings is 2. The Hall–Kier alpha value is -3.61. The molecule has 0 bridgehead atoms. The van der Waals surface area contributed by atoms with E-state index in [0.29, 0.717) is 22.8 Å². The van der Waals surface area contributed by atoms with Crippen molar-refractivity contribution in [2.24, 2.45) is 12.8 Å². The number of nitrogens with zero attached hydrogens (tertiary/aromatic N) is 2. The van der Waals surface area contributed by atoms with Crippen molar-refractivity contribution >= 4 is 17.5 Å². The van der Waals surface area contributed by atoms with Crippen LogP contribution >= 0.6 is 0 Å². The highest BCUT2D eigenvalue weighted by Crippen LogP contribution is 2.24. The summed E-state index contributed by atoms with van der Waals surface area (Å²) < 4.78 is 6.70. The van der Waals surface area contributed by atoms with Gasteiger partial charge in [0.05, 0.1) is 24.1 Å². The van der Waals surface area contributed by atoms with E-state index in [0.717, 1.165) is 5.56 Å². The van der Waals surface area contributed by atoms with E-state index in [1.54, 1.807) is 44.5 Å². The second-order valence-electron chi connectivity index (χ2n) is 5.63. The van der Waals surface area contributed by atoms with E-state index in [-0.39, 0.29) is 11.5 Å². The van der Waals surface area contributed by atoms with Crippen molar-refractivity contribution in [2.45, 2.75) is 0 Å². The molecule has 3 rings (SSSR count). The standard InChI is InChI=1S/C19H18N4O3/c1-23-17(11-16(22-23)12-6-5-7-13(10-12)26-2)19(25)21-15-9-4-3-8-14(15)18(20)24/h3-11H,1-2H3,(H2,20,24)(H,21,25). The number of amides is 2. The van der Waals surface area contributed by atoms with Crippen LogP contribution in [-0.4, -0.2) is 28.7 Å². The summed E-state index contributed by atoms with van der Waals surface area (Å²) in [5.41, 5.74) is 7.77. The summed E-state index contributed by atoms with van der Waals surface area (Å²) in [7, 11) is 3.27. The lowest BCUT2D eigenvalue weighted by Crippen LogP contribution is -2.20. The lowest BCUT2D eigenvalue weighted by Gasteiger charge is -2.08. The number of nitrogens with one attached hydrogen (secondary N) is 1. The topological polar surface area (TPSA) is 99.2 Å². The number of primary amides is 1. The number of hydrogen-bond acceptors (Lipinski definition) is 4. The summed E-state index contributed by atoms with van der Waals surface area (Å²) in [5, 5.41) is 7.10. The molecule has 0 saturated heterocycles. The Morgan fingerprint density at radius 1 is 1.12 bits per heavy atom. The Morgan fingerprint density at radius 3 is 2.62 bits per heavy atom. The van der Waals surface area contributed by atoms with Gasteiger partial charge in [-0.3, -0.25) is 14.3 Å². The SMILES string of the molecule is COc1cccc(-c2cc(C(=O)Nc3ccccc3C(N)=O)n(C)n2)c1. The van der Waals surface area contributed by atoms with Crippen LogP contribution in [0.5, 0.6) is 5.75 Å². The maximum atomic E-state index is 12.6. The van der Waals surface area contributed by atoms with Gasteiger partial charge in [0.1, 0.15) is 11.4 Å². The molecule has 0 aliphatic carbocycles. The van der Waals surface area contributed by atoms with Gasteiger partial charge in [-0.2, -0.15) is 5.10 Å². The maximum absolute atomic E-state index is 12.6. The molecular weight excluding hydrogens is 332 g/mol. The highest BCUT2D eigenvalue weighted by Gasteiger charge is 2.17. The third-order valence-electron chi connectivity index (χ3n) is 3.92. The number of carbonyl (C=O) groups excluding carboxylic acids is 2. The molecular formula is C19H18N4O3. The first-order valence-electron chi connectivity index (χ1n) is 7.88. The number of hydrogen-bond donors (Lipinski definition) is 2. The lowest BCUT2D eigenvalue weighted by atomic mass is 10.1. The van der Waals surface area contributed by atoms with Crippen LogP contribution in [0.1, 0.15) is 20.8 Å². The fourth-order valence-corrected chi connectivity index (χ4v) is 2.60. The smallest absolute Gasteiger partial charge is 0.273 e. The predicted octanol–water partition coefficient (Wildman–Crippen LogP) is 2.45. The van der Waals surface area contributed by atoms with Gasteiger partial charge in [0, 0.05) is 12.6 Å². The van der Waals surface area contributed by atoms with Crippen LogP contribution < -0.4 is 15.8 Å². The Kier molecular flexibility index (Phi) is 4.70. The zero-order valence-corrected chi connectivity index (χ0v) is 14.4. The number of carbonyl (C=O) groups is 2. The van der Waals surface area contributed by atoms with Crippen molar-refractivity contribution in [1.29, 1.82) is 0 Å². The highest BCUT2D eigenvalue weighted by atomic mass is 16.5. The summed E-state index contributed by atoms with van der Waals surface area (Å²) >= 11 is 0. The van der Waals surface area contributed by atoms with Crippen molar-refractivity contribution in [3.8, 4) is 17.0 Å². The van der Waals surface area contributed by atoms with Gasteiger partial charge in [0.15, 0.2) is 0 Å². The zero-order chi connectivity index (χ0) is 18.7. The summed E-state index contributed by atoms with van der Waals surface area (Å²) in [6.07, 6.45) is 0. The lowest BCUT2D eigenvalue weighted by molar-refractivity contribution is 0.100. The van der Waals surface area contributed by atoms with E-state index < -0.39 is 5.91 Å². The monoisotopic (exact) mass is 350 g/mol. The van der Waals surface area contributed by atoms with E-state index in [9.17, 15) is 9.59 Å². The minimum absolute atomic E-state index is 0.246. The van der Waals surface area contributed by atoms with E-state index >= 15 is 0 Å². The quantitative estimate of drug-likeness (QED) is 0.738. The molecule has 3 aromatic rings. The van der Waals surface area contributed by atoms with Crippen LogP contribution in [0.15, 0.2) is 54.6 Å². The zero-order valence-electron chi connectivity index (χ0n) is 14.4. The molecule has 1 heterocycles. The first-order valence-corrected chi connectivity index (χ1v) is 7.88. The number of rotatable bonds is 5. The van der Waals surface area contributed by atoms with Crippen molar-refractivity contribution in [3.05, 3.63) is 65.9 Å². The average Bonchev–Trinajstić information content (AvgIpc) is 3.04. The molecule has 7 heteroatoms. The van der Waals surface area contributed by atoms with Crippen LogP contribution in [0.2, 0.25) is 0 Å². The minimum Gasteiger partial charge on any atom is -0.497 e. The van der Waals surface area contributed by atoms with E-state index in [2.05, 4.69) is 10.4 Å². The molecule has 7 nitrogen and oxygen atoms in total. The Labute approximate surface area is 150 Å². The number of para-hydroxylation sites is 1. The fourth-order valence-electron chi connectivity index (χ4n) is 2.60. The van der Waals surface area contributed by atoms with Crippen molar-refractivity contribution in [2.75, 3.05) is 12.4 Å². The molecule has 2 amide bonds. The van der Waals surface area contributed by atoms with Crippen LogP contribution in [0.4, 0.5) is 5.69 Å². The molecule has 2 aromatic carbocycles. The number of aryl methyl sites for hydroxylation is 1. The second-order valence-corrected chi connectivity index (χ2v) is 5.63. The van der Waals surface area contributed by atoms with Crippen molar-refractivity contribution in [1.82, 2.24) is 9.78 Å². The number of methoxy groups -OCH3 is 1. The van der Waals surface area contributed by atoms with Crippen LogP contribution in [0.3, 0.4) is 0 Å². The number of nitrogens with two attached hydrogens (primary N) is 1. The summed E-state index contributed by atoms with van der Waals surface area (Å²) in [6, 6.07) is 15.7. The number of anilines is 1. The van der Waals surface area contributed by atoms with Gasteiger partial charge in [-0.25, -0.2) is 0 Å². The fraction of sp³-hybridized carbons (Fsp3) is 0.105. The van der Waals surface area contributed by atoms with Gasteiger partial charge in [0.25, 0.3) is 11.8 Å². The first-order chi connectivity index (χ1) is 12.5. The van der Waals surface area contributed by atoms with E-state index in [4.69, 9.17) is 10.5 Å². The van der Waals surface area contributed by atoms with Crippen molar-refractivity contribution < 1.29 is 14.3 Å². The second kappa shape index (κ2) is 7.10. The van der Waals surface area contributed by atoms with Gasteiger partial charge in [-0.15, -0.1) is 0 Å². The van der Waals surface area contributed by atoms with Crippen molar-refractivity contribution in [3.63, 3.8) is 0 Å². The van der Waals surface area contributed by atoms with Gasteiger partial charge in [0.2, 0.25) is 0 Å². The molecule has 0 radical (unpaired) electrons. The molecule has 0 unspecified atom stereocenters. The number of ether oxygens (including phenoxy) is 1. The molecule has 0 atom stereocenters. The molecule has 0 fully saturated rings. The van der Waals surface area contributed by atoms with Gasteiger partial charge in [-0.1, -0.05) is 24.3 Å². The predicted molar refractivity (Wildman–Crippen MR) is 98.1 cm³/mol. The molecule has 0 aliphatic rings. The molecule has 0 saturated carbocycles. The highest BCUT2D eigenvalue weighted by molar-refractivity contribution is 6.08. The summed E-state index contributed by atoms with van der Waals surface area (Å²) in [5.74, 6) is -0.291. The Morgan fingerprint density at radius 2 is 1.88 bits per heavy atom. The minimum atomic E-state index is -0.608. The molecule has 0 aliphatic heterocycles. The molecule has 1 aromatic heterocycles. The maximum Gasteiger partial charge on any atom is 0.273 e. The third-order valence-corrected chi connectivity index (χ3v) is 3.92. The van der Waals surface area contributed by atoms with Crippen LogP contribution in [0.25, 0.3) is 11.3 Å². The van der Waals surface area contributed by atoms with Gasteiger partial charge < -0.3 is 15.8 Å². The molecule has 26 heavy (non-hydrogen) atoms. The molecule has 132 valence electrons. The van der Waals surface area contributed by atoms with Gasteiger partial charge >= 0.3 is 0 Å². The van der Waals surface area contributed by atoms with E-state index in [1.807, 2.05) is 24.3 Å². The van der Waals surface area contributed by atoms with E-state index in [1.165, 1.54) is 4.68 Å².